The molecule has 104 valence electrons. The molecule has 2 aromatic rings. The largest absolute Gasteiger partial charge is 0.381 e. The van der Waals surface area contributed by atoms with Gasteiger partial charge in [-0.15, -0.1) is 0 Å². The summed E-state index contributed by atoms with van der Waals surface area (Å²) in [6, 6.07) is 0. The molecular formula is C13H21N5O. The third kappa shape index (κ3) is 2.10. The van der Waals surface area contributed by atoms with E-state index < -0.39 is 0 Å². The maximum absolute atomic E-state index is 6.08. The van der Waals surface area contributed by atoms with Crippen LogP contribution in [0.1, 0.15) is 25.5 Å². The number of ether oxygens (including phenoxy) is 1. The van der Waals surface area contributed by atoms with Crippen molar-refractivity contribution in [3.63, 3.8) is 0 Å². The highest BCUT2D eigenvalue weighted by molar-refractivity contribution is 5.77. The first-order valence-corrected chi connectivity index (χ1v) is 6.96. The van der Waals surface area contributed by atoms with Gasteiger partial charge in [0.25, 0.3) is 0 Å². The molecule has 0 radical (unpaired) electrons. The first kappa shape index (κ1) is 12.5. The molecule has 2 N–H and O–H groups in total. The number of imidazole rings is 1. The van der Waals surface area contributed by atoms with Crippen LogP contribution in [-0.4, -0.2) is 32.5 Å². The number of hydrogen-bond donors (Lipinski definition) is 1. The van der Waals surface area contributed by atoms with E-state index in [1.165, 1.54) is 6.42 Å². The summed E-state index contributed by atoms with van der Waals surface area (Å²) in [6.07, 6.45) is 3.20. The molecule has 1 saturated heterocycles. The quantitative estimate of drug-likeness (QED) is 0.907. The lowest BCUT2D eigenvalue weighted by molar-refractivity contribution is 0.0489. The highest BCUT2D eigenvalue weighted by atomic mass is 16.5. The Morgan fingerprint density at radius 3 is 3.00 bits per heavy atom. The van der Waals surface area contributed by atoms with Crippen molar-refractivity contribution in [2.75, 3.05) is 18.9 Å². The summed E-state index contributed by atoms with van der Waals surface area (Å²) in [5.41, 5.74) is 9.07. The van der Waals surface area contributed by atoms with Crippen LogP contribution in [0, 0.1) is 5.92 Å². The van der Waals surface area contributed by atoms with Crippen molar-refractivity contribution >= 4 is 17.1 Å². The van der Waals surface area contributed by atoms with Crippen LogP contribution >= 0.6 is 0 Å². The van der Waals surface area contributed by atoms with E-state index in [4.69, 9.17) is 10.5 Å². The zero-order chi connectivity index (χ0) is 13.4. The number of anilines is 1. The van der Waals surface area contributed by atoms with Crippen LogP contribution in [-0.2, 0) is 24.8 Å². The van der Waals surface area contributed by atoms with E-state index in [-0.39, 0.29) is 0 Å². The molecule has 1 unspecified atom stereocenters. The summed E-state index contributed by atoms with van der Waals surface area (Å²) in [6.45, 7) is 4.66. The van der Waals surface area contributed by atoms with Crippen LogP contribution in [0.25, 0.3) is 11.2 Å². The lowest BCUT2D eigenvalue weighted by Gasteiger charge is -2.22. The third-order valence-electron chi connectivity index (χ3n) is 3.85. The monoisotopic (exact) mass is 263 g/mol. The highest BCUT2D eigenvalue weighted by Crippen LogP contribution is 2.24. The highest BCUT2D eigenvalue weighted by Gasteiger charge is 2.21. The number of aromatic nitrogens is 4. The van der Waals surface area contributed by atoms with Gasteiger partial charge in [-0.2, -0.15) is 5.10 Å². The van der Waals surface area contributed by atoms with Gasteiger partial charge in [0.2, 0.25) is 5.95 Å². The van der Waals surface area contributed by atoms with Crippen LogP contribution < -0.4 is 5.73 Å². The number of nitrogens with two attached hydrogens (primary N) is 1. The van der Waals surface area contributed by atoms with Crippen molar-refractivity contribution in [2.24, 2.45) is 13.0 Å². The van der Waals surface area contributed by atoms with Crippen molar-refractivity contribution in [3.05, 3.63) is 5.69 Å². The lowest BCUT2D eigenvalue weighted by Crippen LogP contribution is -2.23. The van der Waals surface area contributed by atoms with Gasteiger partial charge in [-0.25, -0.2) is 4.98 Å². The number of aryl methyl sites for hydroxylation is 2. The van der Waals surface area contributed by atoms with Crippen molar-refractivity contribution in [3.8, 4) is 0 Å². The summed E-state index contributed by atoms with van der Waals surface area (Å²) in [7, 11) is 1.95. The number of nitrogen functional groups attached to an aromatic ring is 1. The van der Waals surface area contributed by atoms with Gasteiger partial charge in [-0.3, -0.25) is 9.25 Å². The van der Waals surface area contributed by atoms with Crippen LogP contribution in [0.15, 0.2) is 0 Å². The SMILES string of the molecule is CCc1nn(C)c2c1nc(N)n2CC1CCCOC1. The molecule has 0 amide bonds. The second-order valence-electron chi connectivity index (χ2n) is 5.26. The predicted molar refractivity (Wildman–Crippen MR) is 73.8 cm³/mol. The topological polar surface area (TPSA) is 70.9 Å². The summed E-state index contributed by atoms with van der Waals surface area (Å²) >= 11 is 0. The van der Waals surface area contributed by atoms with E-state index in [1.54, 1.807) is 0 Å². The third-order valence-corrected chi connectivity index (χ3v) is 3.85. The lowest BCUT2D eigenvalue weighted by atomic mass is 10.0. The van der Waals surface area contributed by atoms with Crippen LogP contribution in [0.2, 0.25) is 0 Å². The Balaban J connectivity index is 1.97. The minimum Gasteiger partial charge on any atom is -0.381 e. The number of nitrogens with zero attached hydrogens (tertiary/aromatic N) is 4. The van der Waals surface area contributed by atoms with Crippen LogP contribution in [0.3, 0.4) is 0 Å². The smallest absolute Gasteiger partial charge is 0.202 e. The normalized spacial score (nSPS) is 20.2. The van der Waals surface area contributed by atoms with Crippen molar-refractivity contribution in [1.29, 1.82) is 0 Å². The fourth-order valence-corrected chi connectivity index (χ4v) is 2.89. The molecule has 6 heteroatoms. The van der Waals surface area contributed by atoms with Gasteiger partial charge < -0.3 is 10.5 Å². The second kappa shape index (κ2) is 4.85. The molecule has 0 spiro atoms. The van der Waals surface area contributed by atoms with Gasteiger partial charge in [-0.05, 0) is 19.3 Å². The Hall–Kier alpha value is -1.56. The zero-order valence-corrected chi connectivity index (χ0v) is 11.6. The summed E-state index contributed by atoms with van der Waals surface area (Å²) in [4.78, 5) is 4.49. The Kier molecular flexibility index (Phi) is 3.18. The summed E-state index contributed by atoms with van der Waals surface area (Å²) < 4.78 is 9.52. The molecule has 1 aliphatic heterocycles. The summed E-state index contributed by atoms with van der Waals surface area (Å²) in [5, 5.41) is 4.51. The Bertz CT molecular complexity index is 579. The molecule has 1 atom stereocenters. The minimum absolute atomic E-state index is 0.522. The van der Waals surface area contributed by atoms with Crippen molar-refractivity contribution < 1.29 is 4.74 Å². The molecule has 3 rings (SSSR count). The van der Waals surface area contributed by atoms with Gasteiger partial charge in [-0.1, -0.05) is 6.92 Å². The molecule has 3 heterocycles. The molecule has 1 aliphatic rings. The van der Waals surface area contributed by atoms with Crippen molar-refractivity contribution in [2.45, 2.75) is 32.7 Å². The molecule has 1 fully saturated rings. The first-order valence-electron chi connectivity index (χ1n) is 6.96. The number of rotatable bonds is 3. The van der Waals surface area contributed by atoms with Crippen LogP contribution in [0.4, 0.5) is 5.95 Å². The molecule has 0 saturated carbocycles. The van der Waals surface area contributed by atoms with Gasteiger partial charge in [0.05, 0.1) is 12.3 Å². The molecule has 6 nitrogen and oxygen atoms in total. The summed E-state index contributed by atoms with van der Waals surface area (Å²) in [5.74, 6) is 1.11. The minimum atomic E-state index is 0.522. The van der Waals surface area contributed by atoms with Gasteiger partial charge in [0.1, 0.15) is 5.52 Å². The molecule has 0 aliphatic carbocycles. The van der Waals surface area contributed by atoms with Gasteiger partial charge in [0.15, 0.2) is 5.65 Å². The average Bonchev–Trinajstić information content (AvgIpc) is 2.90. The Labute approximate surface area is 112 Å². The Morgan fingerprint density at radius 1 is 1.47 bits per heavy atom. The maximum Gasteiger partial charge on any atom is 0.202 e. The van der Waals surface area contributed by atoms with Crippen LogP contribution in [0.5, 0.6) is 0 Å². The molecule has 2 aromatic heterocycles. The molecular weight excluding hydrogens is 242 g/mol. The van der Waals surface area contributed by atoms with Crippen molar-refractivity contribution in [1.82, 2.24) is 19.3 Å². The Morgan fingerprint density at radius 2 is 2.32 bits per heavy atom. The van der Waals surface area contributed by atoms with Gasteiger partial charge in [0, 0.05) is 26.1 Å². The van der Waals surface area contributed by atoms with Gasteiger partial charge >= 0.3 is 0 Å². The van der Waals surface area contributed by atoms with E-state index in [1.807, 2.05) is 11.7 Å². The number of hydrogen-bond acceptors (Lipinski definition) is 4. The van der Waals surface area contributed by atoms with E-state index >= 15 is 0 Å². The second-order valence-corrected chi connectivity index (χ2v) is 5.26. The number of fused-ring (bicyclic) bond motifs is 1. The van der Waals surface area contributed by atoms with E-state index in [0.717, 1.165) is 49.5 Å². The van der Waals surface area contributed by atoms with E-state index in [2.05, 4.69) is 21.6 Å². The zero-order valence-electron chi connectivity index (χ0n) is 11.6. The maximum atomic E-state index is 6.08. The van der Waals surface area contributed by atoms with E-state index in [0.29, 0.717) is 11.9 Å². The first-order chi connectivity index (χ1) is 9.20. The fraction of sp³-hybridized carbons (Fsp3) is 0.692. The fourth-order valence-electron chi connectivity index (χ4n) is 2.89. The molecule has 0 aromatic carbocycles. The molecule has 19 heavy (non-hydrogen) atoms. The molecule has 0 bridgehead atoms. The standard InChI is InChI=1S/C13H21N5O/c1-3-10-11-12(17(2)16-10)18(13(14)15-11)7-9-5-4-6-19-8-9/h9H,3-8H2,1-2H3,(H2,14,15). The predicted octanol–water partition coefficient (Wildman–Crippen LogP) is 1.34. The average molecular weight is 263 g/mol. The van der Waals surface area contributed by atoms with E-state index in [9.17, 15) is 0 Å².